The maximum absolute atomic E-state index is 9.95. The van der Waals surface area contributed by atoms with Crippen LogP contribution >= 0.6 is 12.2 Å². The second-order valence-corrected chi connectivity index (χ2v) is 4.67. The highest BCUT2D eigenvalue weighted by Crippen LogP contribution is 2.29. The van der Waals surface area contributed by atoms with Crippen LogP contribution in [0.5, 0.6) is 0 Å². The first kappa shape index (κ1) is 12.6. The molecular weight excluding hydrogens is 272 g/mol. The minimum absolute atomic E-state index is 0.359. The molecule has 9 heteroatoms. The van der Waals surface area contributed by atoms with E-state index in [-0.39, 0.29) is 6.61 Å². The van der Waals surface area contributed by atoms with Gasteiger partial charge in [-0.15, -0.1) is 0 Å². The van der Waals surface area contributed by atoms with Crippen molar-refractivity contribution in [2.75, 3.05) is 6.61 Å². The van der Waals surface area contributed by atoms with Crippen molar-refractivity contribution in [3.63, 3.8) is 0 Å². The fourth-order valence-corrected chi connectivity index (χ4v) is 2.43. The van der Waals surface area contributed by atoms with E-state index < -0.39 is 24.5 Å². The molecule has 8 nitrogen and oxygen atoms in total. The second kappa shape index (κ2) is 4.62. The number of aromatic amines is 1. The number of rotatable bonds is 2. The number of nitrogens with one attached hydrogen (secondary N) is 1. The van der Waals surface area contributed by atoms with E-state index in [1.54, 1.807) is 0 Å². The maximum Gasteiger partial charge on any atom is 0.181 e. The van der Waals surface area contributed by atoms with Gasteiger partial charge in [0.05, 0.1) is 12.9 Å². The number of imidazole rings is 1. The predicted molar refractivity (Wildman–Crippen MR) is 65.7 cm³/mol. The molecule has 1 fully saturated rings. The Morgan fingerprint density at radius 2 is 2.16 bits per heavy atom. The van der Waals surface area contributed by atoms with E-state index in [4.69, 9.17) is 22.1 Å². The summed E-state index contributed by atoms with van der Waals surface area (Å²) in [5, 5.41) is 28.7. The minimum Gasteiger partial charge on any atom is -0.394 e. The predicted octanol–water partition coefficient (Wildman–Crippen LogP) is -0.900. The number of H-pyrrole nitrogens is 1. The molecule has 0 bridgehead atoms. The minimum atomic E-state index is -1.19. The third-order valence-electron chi connectivity index (χ3n) is 3.16. The van der Waals surface area contributed by atoms with Crippen LogP contribution in [0.4, 0.5) is 0 Å². The van der Waals surface area contributed by atoms with Crippen molar-refractivity contribution in [3.05, 3.63) is 17.3 Å². The molecular formula is C10H12N4O4S. The van der Waals surface area contributed by atoms with E-state index in [2.05, 4.69) is 15.0 Å². The highest BCUT2D eigenvalue weighted by Gasteiger charge is 2.43. The average Bonchev–Trinajstić information content (AvgIpc) is 2.98. The molecule has 0 saturated carbocycles. The number of hydrogen-bond acceptors (Lipinski definition) is 7. The molecule has 0 aliphatic carbocycles. The van der Waals surface area contributed by atoms with Gasteiger partial charge in [-0.3, -0.25) is 4.57 Å². The first-order valence-corrected chi connectivity index (χ1v) is 6.07. The largest absolute Gasteiger partial charge is 0.394 e. The lowest BCUT2D eigenvalue weighted by atomic mass is 10.1. The first-order chi connectivity index (χ1) is 9.13. The molecule has 0 radical (unpaired) electrons. The second-order valence-electron chi connectivity index (χ2n) is 4.29. The number of fused-ring (bicyclic) bond motifs is 1. The standard InChI is InChI=1S/C10H12N4O4S/c15-1-4-6(16)7(17)9(18-4)14-3-13-8-5(10(14)19)11-2-12-8/h2-4,6-7,9,15-17H,1H2,(H,11,12)/t4-,6-,7-,9+/m1/s1. The van der Waals surface area contributed by atoms with Crippen molar-refractivity contribution in [2.24, 2.45) is 0 Å². The number of aliphatic hydroxyl groups excluding tert-OH is 3. The van der Waals surface area contributed by atoms with Crippen LogP contribution in [-0.4, -0.2) is 59.8 Å². The van der Waals surface area contributed by atoms with Gasteiger partial charge in [-0.1, -0.05) is 12.2 Å². The van der Waals surface area contributed by atoms with Crippen LogP contribution in [0.3, 0.4) is 0 Å². The Morgan fingerprint density at radius 3 is 2.84 bits per heavy atom. The van der Waals surface area contributed by atoms with E-state index in [0.29, 0.717) is 15.8 Å². The Labute approximate surface area is 112 Å². The molecule has 4 N–H and O–H groups in total. The van der Waals surface area contributed by atoms with Crippen molar-refractivity contribution < 1.29 is 20.1 Å². The van der Waals surface area contributed by atoms with Gasteiger partial charge in [-0.2, -0.15) is 0 Å². The summed E-state index contributed by atoms with van der Waals surface area (Å²) < 4.78 is 7.19. The fourth-order valence-electron chi connectivity index (χ4n) is 2.13. The summed E-state index contributed by atoms with van der Waals surface area (Å²) in [6.45, 7) is -0.387. The summed E-state index contributed by atoms with van der Waals surface area (Å²) in [7, 11) is 0. The number of nitrogens with zero attached hydrogens (tertiary/aromatic N) is 3. The van der Waals surface area contributed by atoms with Crippen molar-refractivity contribution >= 4 is 23.4 Å². The zero-order valence-corrected chi connectivity index (χ0v) is 10.5. The molecule has 0 unspecified atom stereocenters. The molecule has 3 heterocycles. The maximum atomic E-state index is 9.95. The number of aromatic nitrogens is 4. The molecule has 1 saturated heterocycles. The third kappa shape index (κ3) is 1.86. The lowest BCUT2D eigenvalue weighted by Crippen LogP contribution is -2.33. The SMILES string of the molecule is OC[C@H]1O[C@H](n2cnc3nc[nH]c3c2=S)[C@H](O)[C@@H]1O. The molecule has 4 atom stereocenters. The summed E-state index contributed by atoms with van der Waals surface area (Å²) in [6, 6.07) is 0. The van der Waals surface area contributed by atoms with Gasteiger partial charge >= 0.3 is 0 Å². The number of ether oxygens (including phenoxy) is 1. The zero-order chi connectivity index (χ0) is 13.6. The highest BCUT2D eigenvalue weighted by molar-refractivity contribution is 7.71. The van der Waals surface area contributed by atoms with Gasteiger partial charge in [-0.25, -0.2) is 9.97 Å². The quantitative estimate of drug-likeness (QED) is 0.528. The Morgan fingerprint density at radius 1 is 1.37 bits per heavy atom. The van der Waals surface area contributed by atoms with Crippen LogP contribution in [0, 0.1) is 4.64 Å². The normalized spacial score (nSPS) is 31.1. The fraction of sp³-hybridized carbons (Fsp3) is 0.500. The topological polar surface area (TPSA) is 116 Å². The van der Waals surface area contributed by atoms with Gasteiger partial charge in [0.25, 0.3) is 0 Å². The molecule has 102 valence electrons. The molecule has 2 aromatic heterocycles. The number of hydrogen-bond donors (Lipinski definition) is 4. The van der Waals surface area contributed by atoms with Crippen LogP contribution in [0.15, 0.2) is 12.7 Å². The van der Waals surface area contributed by atoms with Crippen molar-refractivity contribution in [1.29, 1.82) is 0 Å². The zero-order valence-electron chi connectivity index (χ0n) is 9.67. The van der Waals surface area contributed by atoms with Gasteiger partial charge < -0.3 is 25.0 Å². The van der Waals surface area contributed by atoms with Crippen LogP contribution in [0.1, 0.15) is 6.23 Å². The Kier molecular flexibility index (Phi) is 3.07. The van der Waals surface area contributed by atoms with E-state index in [9.17, 15) is 10.2 Å². The van der Waals surface area contributed by atoms with Gasteiger partial charge in [0.1, 0.15) is 34.8 Å². The molecule has 2 aromatic rings. The molecule has 0 spiro atoms. The van der Waals surface area contributed by atoms with Gasteiger partial charge in [0, 0.05) is 0 Å². The smallest absolute Gasteiger partial charge is 0.181 e. The van der Waals surface area contributed by atoms with E-state index in [1.165, 1.54) is 17.2 Å². The molecule has 3 rings (SSSR count). The molecule has 0 aromatic carbocycles. The molecule has 1 aliphatic heterocycles. The van der Waals surface area contributed by atoms with Crippen LogP contribution in [0.25, 0.3) is 11.2 Å². The molecule has 0 amide bonds. The Balaban J connectivity index is 2.05. The summed E-state index contributed by atoms with van der Waals surface area (Å²) in [4.78, 5) is 10.9. The van der Waals surface area contributed by atoms with Crippen LogP contribution in [-0.2, 0) is 4.74 Å². The molecule has 19 heavy (non-hydrogen) atoms. The van der Waals surface area contributed by atoms with E-state index in [0.717, 1.165) is 0 Å². The van der Waals surface area contributed by atoms with Crippen molar-refractivity contribution in [1.82, 2.24) is 19.5 Å². The average molecular weight is 284 g/mol. The monoisotopic (exact) mass is 284 g/mol. The third-order valence-corrected chi connectivity index (χ3v) is 3.58. The Hall–Kier alpha value is -1.39. The summed E-state index contributed by atoms with van der Waals surface area (Å²) in [5.41, 5.74) is 1.02. The summed E-state index contributed by atoms with van der Waals surface area (Å²) >= 11 is 5.27. The number of aliphatic hydroxyl groups is 3. The van der Waals surface area contributed by atoms with Crippen LogP contribution in [0.2, 0.25) is 0 Å². The van der Waals surface area contributed by atoms with Crippen LogP contribution < -0.4 is 0 Å². The molecule has 1 aliphatic rings. The van der Waals surface area contributed by atoms with Crippen molar-refractivity contribution in [3.8, 4) is 0 Å². The van der Waals surface area contributed by atoms with Gasteiger partial charge in [-0.05, 0) is 0 Å². The van der Waals surface area contributed by atoms with Crippen molar-refractivity contribution in [2.45, 2.75) is 24.5 Å². The summed E-state index contributed by atoms with van der Waals surface area (Å²) in [6.07, 6.45) is -1.24. The lowest BCUT2D eigenvalue weighted by molar-refractivity contribution is -0.0538. The summed E-state index contributed by atoms with van der Waals surface area (Å²) in [5.74, 6) is 0. The van der Waals surface area contributed by atoms with E-state index >= 15 is 0 Å². The van der Waals surface area contributed by atoms with Gasteiger partial charge in [0.15, 0.2) is 11.9 Å². The van der Waals surface area contributed by atoms with Gasteiger partial charge in [0.2, 0.25) is 0 Å². The lowest BCUT2D eigenvalue weighted by Gasteiger charge is -2.18. The Bertz CT molecular complexity index is 656. The first-order valence-electron chi connectivity index (χ1n) is 5.66. The highest BCUT2D eigenvalue weighted by atomic mass is 32.1. The van der Waals surface area contributed by atoms with E-state index in [1.807, 2.05) is 0 Å².